The van der Waals surface area contributed by atoms with Crippen molar-refractivity contribution < 1.29 is 14.7 Å². The van der Waals surface area contributed by atoms with Gasteiger partial charge in [-0.2, -0.15) is 9.83 Å². The minimum atomic E-state index is -0.317. The van der Waals surface area contributed by atoms with Gasteiger partial charge in [0.25, 0.3) is 0 Å². The third-order valence-electron chi connectivity index (χ3n) is 7.42. The van der Waals surface area contributed by atoms with Crippen LogP contribution in [0.1, 0.15) is 12.5 Å². The number of halogens is 1. The fraction of sp³-hybridized carbons (Fsp3) is 0.0588. The zero-order chi connectivity index (χ0) is 26.8. The number of fused-ring (bicyclic) bond motifs is 6. The Morgan fingerprint density at radius 3 is 2.24 bits per heavy atom. The van der Waals surface area contributed by atoms with Crippen molar-refractivity contribution in [1.29, 1.82) is 5.26 Å². The molecule has 0 saturated carbocycles. The molecule has 0 amide bonds. The number of aryl methyl sites for hydroxylation is 2. The number of nitrogens with zero attached hydrogens (tertiary/aromatic N) is 2. The van der Waals surface area contributed by atoms with Gasteiger partial charge in [0.15, 0.2) is 5.82 Å². The number of hydrogen-bond acceptors (Lipinski definition) is 2. The Morgan fingerprint density at radius 2 is 1.47 bits per heavy atom. The molecule has 38 heavy (non-hydrogen) atoms. The van der Waals surface area contributed by atoms with Crippen LogP contribution in [0.15, 0.2) is 102 Å². The Balaban J connectivity index is 1.67. The fourth-order valence-electron chi connectivity index (χ4n) is 5.66. The monoisotopic (exact) mass is 494 g/mol. The fourth-order valence-corrected chi connectivity index (χ4v) is 5.66. The van der Waals surface area contributed by atoms with E-state index < -0.39 is 0 Å². The minimum absolute atomic E-state index is 0.317. The topological polar surface area (TPSA) is 40.8 Å². The largest absolute Gasteiger partial charge is 0.454 e. The van der Waals surface area contributed by atoms with Crippen LogP contribution < -0.4 is 4.57 Å². The van der Waals surface area contributed by atoms with Crippen LogP contribution in [-0.2, 0) is 7.05 Å². The van der Waals surface area contributed by atoms with E-state index in [2.05, 4.69) is 12.1 Å². The van der Waals surface area contributed by atoms with Crippen molar-refractivity contribution in [3.05, 3.63) is 114 Å². The van der Waals surface area contributed by atoms with E-state index in [1.54, 1.807) is 10.6 Å². The maximum absolute atomic E-state index is 14.0. The smallest absolute Gasteiger partial charge is 0.216 e. The van der Waals surface area contributed by atoms with Crippen LogP contribution in [0.3, 0.4) is 0 Å². The number of aromatic nitrogens is 1. The molecule has 0 aliphatic carbocycles. The Labute approximate surface area is 220 Å². The highest BCUT2D eigenvalue weighted by molar-refractivity contribution is 6.19. The van der Waals surface area contributed by atoms with Gasteiger partial charge < -0.3 is 4.42 Å². The van der Waals surface area contributed by atoms with E-state index in [4.69, 9.17) is 4.42 Å². The molecule has 0 unspecified atom stereocenters. The molecule has 7 aromatic rings. The molecule has 0 aliphatic heterocycles. The van der Waals surface area contributed by atoms with E-state index in [1.807, 2.05) is 80.7 Å². The molecule has 0 fully saturated rings. The summed E-state index contributed by atoms with van der Waals surface area (Å²) in [5.41, 5.74) is 5.64. The van der Waals surface area contributed by atoms with Crippen LogP contribution in [0, 0.1) is 24.1 Å². The van der Waals surface area contributed by atoms with E-state index in [1.165, 1.54) is 12.3 Å². The summed E-state index contributed by atoms with van der Waals surface area (Å²) in [7, 11) is 1.81. The first kappa shape index (κ1) is 21.1. The molecule has 0 spiro atoms. The van der Waals surface area contributed by atoms with Crippen LogP contribution in [0.25, 0.3) is 65.9 Å². The Morgan fingerprint density at radius 1 is 0.789 bits per heavy atom. The SMILES string of the molecule is [2H]c1c(-c2c(C#N)ccc3c2oc2c(-c4ccc(F)c[n+]4C)c(C)ccc23)c2ccccc2c2ccccc12. The maximum atomic E-state index is 14.0. The van der Waals surface area contributed by atoms with Crippen molar-refractivity contribution >= 4 is 43.5 Å². The summed E-state index contributed by atoms with van der Waals surface area (Å²) in [5, 5.41) is 15.7. The van der Waals surface area contributed by atoms with E-state index in [-0.39, 0.29) is 5.82 Å². The lowest BCUT2D eigenvalue weighted by Gasteiger charge is -2.12. The molecular formula is C34H22FN2O+. The predicted molar refractivity (Wildman–Crippen MR) is 150 cm³/mol. The first-order valence-electron chi connectivity index (χ1n) is 12.9. The molecule has 2 aromatic heterocycles. The lowest BCUT2D eigenvalue weighted by atomic mass is 9.90. The van der Waals surface area contributed by atoms with Crippen molar-refractivity contribution in [3.8, 4) is 28.5 Å². The average molecular weight is 495 g/mol. The number of rotatable bonds is 2. The van der Waals surface area contributed by atoms with Crippen molar-refractivity contribution in [2.45, 2.75) is 6.92 Å². The van der Waals surface area contributed by atoms with Gasteiger partial charge in [0, 0.05) is 22.4 Å². The quantitative estimate of drug-likeness (QED) is 0.179. The molecular weight excluding hydrogens is 471 g/mol. The second-order valence-electron chi connectivity index (χ2n) is 9.65. The highest BCUT2D eigenvalue weighted by atomic mass is 19.1. The molecule has 0 bridgehead atoms. The molecule has 0 N–H and O–H groups in total. The van der Waals surface area contributed by atoms with Crippen molar-refractivity contribution in [2.24, 2.45) is 7.05 Å². The Bertz CT molecular complexity index is 2190. The highest BCUT2D eigenvalue weighted by Crippen LogP contribution is 2.44. The van der Waals surface area contributed by atoms with Crippen molar-refractivity contribution in [3.63, 3.8) is 0 Å². The summed E-state index contributed by atoms with van der Waals surface area (Å²) < 4.78 is 31.7. The maximum Gasteiger partial charge on any atom is 0.216 e. The van der Waals surface area contributed by atoms with E-state index in [0.29, 0.717) is 33.9 Å². The first-order valence-corrected chi connectivity index (χ1v) is 12.4. The van der Waals surface area contributed by atoms with Gasteiger partial charge in [-0.1, -0.05) is 60.7 Å². The molecule has 0 aliphatic rings. The van der Waals surface area contributed by atoms with Gasteiger partial charge in [0.2, 0.25) is 11.9 Å². The number of hydrogen-bond donors (Lipinski definition) is 0. The molecule has 0 saturated heterocycles. The summed E-state index contributed by atoms with van der Waals surface area (Å²) in [4.78, 5) is 0. The Hall–Kier alpha value is -5.01. The summed E-state index contributed by atoms with van der Waals surface area (Å²) in [6.07, 6.45) is 1.45. The number of pyridine rings is 1. The first-order chi connectivity index (χ1) is 19.0. The van der Waals surface area contributed by atoms with Gasteiger partial charge in [0.05, 0.1) is 18.6 Å². The zero-order valence-corrected chi connectivity index (χ0v) is 20.8. The van der Waals surface area contributed by atoms with Gasteiger partial charge in [0.1, 0.15) is 18.2 Å². The van der Waals surface area contributed by atoms with Gasteiger partial charge in [-0.15, -0.1) is 0 Å². The van der Waals surface area contributed by atoms with Crippen LogP contribution in [0.4, 0.5) is 4.39 Å². The molecule has 180 valence electrons. The van der Waals surface area contributed by atoms with E-state index in [9.17, 15) is 11.0 Å². The molecule has 3 nitrogen and oxygen atoms in total. The molecule has 5 aromatic carbocycles. The van der Waals surface area contributed by atoms with Crippen LogP contribution >= 0.6 is 0 Å². The Kier molecular flexibility index (Phi) is 4.59. The molecule has 2 heterocycles. The summed E-state index contributed by atoms with van der Waals surface area (Å²) in [5.74, 6) is -0.317. The normalized spacial score (nSPS) is 11.9. The number of nitriles is 1. The molecule has 7 rings (SSSR count). The molecule has 0 atom stereocenters. The minimum Gasteiger partial charge on any atom is -0.454 e. The van der Waals surface area contributed by atoms with E-state index in [0.717, 1.165) is 49.1 Å². The second kappa shape index (κ2) is 8.26. The lowest BCUT2D eigenvalue weighted by molar-refractivity contribution is -0.661. The summed E-state index contributed by atoms with van der Waals surface area (Å²) >= 11 is 0. The van der Waals surface area contributed by atoms with Gasteiger partial charge in [-0.3, -0.25) is 0 Å². The van der Waals surface area contributed by atoms with Crippen molar-refractivity contribution in [1.82, 2.24) is 0 Å². The molecule has 0 radical (unpaired) electrons. The van der Waals surface area contributed by atoms with Crippen LogP contribution in [-0.4, -0.2) is 0 Å². The standard InChI is InChI=1S/C34H22FN2O/c1-20-11-14-27-28-15-12-22(18-36)32(34(28)38-33(27)31(20)30-16-13-23(35)19-37(30)2)29-17-21-7-3-4-8-24(21)25-9-5-6-10-26(25)29/h3-17,19H,1-2H3/q+1/i17D. The average Bonchev–Trinajstić information content (AvgIpc) is 3.32. The second-order valence-corrected chi connectivity index (χ2v) is 9.65. The van der Waals surface area contributed by atoms with Gasteiger partial charge in [-0.25, -0.2) is 4.39 Å². The predicted octanol–water partition coefficient (Wildman–Crippen LogP) is 8.37. The number of furan rings is 1. The number of benzene rings is 5. The van der Waals surface area contributed by atoms with Gasteiger partial charge >= 0.3 is 0 Å². The molecule has 4 heteroatoms. The van der Waals surface area contributed by atoms with Crippen LogP contribution in [0.2, 0.25) is 0 Å². The third kappa shape index (κ3) is 3.16. The van der Waals surface area contributed by atoms with Crippen LogP contribution in [0.5, 0.6) is 0 Å². The lowest BCUT2D eigenvalue weighted by Crippen LogP contribution is -2.31. The summed E-state index contributed by atoms with van der Waals surface area (Å²) in [6, 6.07) is 29.6. The third-order valence-corrected chi connectivity index (χ3v) is 7.42. The highest BCUT2D eigenvalue weighted by Gasteiger charge is 2.24. The summed E-state index contributed by atoms with van der Waals surface area (Å²) in [6.45, 7) is 2.01. The van der Waals surface area contributed by atoms with Gasteiger partial charge in [-0.05, 0) is 63.8 Å². The van der Waals surface area contributed by atoms with Crippen molar-refractivity contribution in [2.75, 3.05) is 0 Å². The zero-order valence-electron chi connectivity index (χ0n) is 21.8. The van der Waals surface area contributed by atoms with E-state index >= 15 is 0 Å².